The summed E-state index contributed by atoms with van der Waals surface area (Å²) in [6.45, 7) is 1.23. The monoisotopic (exact) mass is 363 g/mol. The van der Waals surface area contributed by atoms with Crippen molar-refractivity contribution >= 4 is 27.7 Å². The molecular formula is C16H14BrNO4. The first kappa shape index (κ1) is 14.7. The summed E-state index contributed by atoms with van der Waals surface area (Å²) < 4.78 is 16.9. The van der Waals surface area contributed by atoms with Crippen LogP contribution in [0.5, 0.6) is 11.5 Å². The van der Waals surface area contributed by atoms with Crippen LogP contribution < -0.4 is 14.8 Å². The van der Waals surface area contributed by atoms with Crippen LogP contribution in [-0.4, -0.2) is 19.3 Å². The predicted octanol–water partition coefficient (Wildman–Crippen LogP) is 3.97. The van der Waals surface area contributed by atoms with Crippen LogP contribution >= 0.6 is 15.9 Å². The van der Waals surface area contributed by atoms with Gasteiger partial charge in [-0.25, -0.2) is 4.79 Å². The van der Waals surface area contributed by atoms with Gasteiger partial charge in [0.25, 0.3) is 0 Å². The Hall–Kier alpha value is -2.21. The molecule has 0 saturated carbocycles. The number of benzene rings is 2. The van der Waals surface area contributed by atoms with Crippen molar-refractivity contribution < 1.29 is 19.0 Å². The number of nitrogens with one attached hydrogen (secondary N) is 1. The number of fused-ring (bicyclic) bond motifs is 1. The number of anilines is 1. The molecule has 0 aromatic heterocycles. The van der Waals surface area contributed by atoms with Crippen LogP contribution in [0.2, 0.25) is 0 Å². The van der Waals surface area contributed by atoms with Gasteiger partial charge in [-0.3, -0.25) is 5.32 Å². The minimum Gasteiger partial charge on any atom is -0.486 e. The van der Waals surface area contributed by atoms with Crippen molar-refractivity contribution in [2.24, 2.45) is 0 Å². The molecule has 6 heteroatoms. The second-order valence-electron chi connectivity index (χ2n) is 4.66. The summed E-state index contributed by atoms with van der Waals surface area (Å²) in [6.07, 6.45) is -0.527. The highest BCUT2D eigenvalue weighted by Gasteiger charge is 2.16. The van der Waals surface area contributed by atoms with Crippen LogP contribution in [0.3, 0.4) is 0 Å². The smallest absolute Gasteiger partial charge is 0.411 e. The Kier molecular flexibility index (Phi) is 4.48. The number of hydrogen-bond donors (Lipinski definition) is 1. The lowest BCUT2D eigenvalue weighted by atomic mass is 10.2. The van der Waals surface area contributed by atoms with E-state index in [0.717, 1.165) is 5.56 Å². The fourth-order valence-corrected chi connectivity index (χ4v) is 2.45. The van der Waals surface area contributed by atoms with E-state index in [-0.39, 0.29) is 6.61 Å². The Labute approximate surface area is 136 Å². The minimum atomic E-state index is -0.527. The predicted molar refractivity (Wildman–Crippen MR) is 85.4 cm³/mol. The molecule has 22 heavy (non-hydrogen) atoms. The Balaban J connectivity index is 1.64. The van der Waals surface area contributed by atoms with Gasteiger partial charge in [0.1, 0.15) is 19.8 Å². The molecule has 2 aromatic rings. The van der Waals surface area contributed by atoms with Crippen molar-refractivity contribution in [3.63, 3.8) is 0 Å². The topological polar surface area (TPSA) is 56.8 Å². The molecule has 114 valence electrons. The van der Waals surface area contributed by atoms with Crippen LogP contribution in [0.15, 0.2) is 46.9 Å². The lowest BCUT2D eigenvalue weighted by Crippen LogP contribution is -2.17. The quantitative estimate of drug-likeness (QED) is 0.896. The van der Waals surface area contributed by atoms with E-state index in [4.69, 9.17) is 14.2 Å². The van der Waals surface area contributed by atoms with E-state index in [1.54, 1.807) is 12.1 Å². The van der Waals surface area contributed by atoms with Gasteiger partial charge in [-0.05, 0) is 21.5 Å². The molecule has 0 aliphatic carbocycles. The van der Waals surface area contributed by atoms with E-state index in [1.807, 2.05) is 30.3 Å². The van der Waals surface area contributed by atoms with Gasteiger partial charge in [0.05, 0.1) is 5.69 Å². The van der Waals surface area contributed by atoms with Gasteiger partial charge in [0, 0.05) is 16.6 Å². The van der Waals surface area contributed by atoms with Crippen LogP contribution in [0.25, 0.3) is 0 Å². The van der Waals surface area contributed by atoms with E-state index in [2.05, 4.69) is 21.2 Å². The van der Waals surface area contributed by atoms with E-state index >= 15 is 0 Å². The maximum atomic E-state index is 11.9. The maximum Gasteiger partial charge on any atom is 0.411 e. The summed E-state index contributed by atoms with van der Waals surface area (Å²) in [6, 6.07) is 13.0. The van der Waals surface area contributed by atoms with Crippen molar-refractivity contribution in [3.05, 3.63) is 52.5 Å². The van der Waals surface area contributed by atoms with Crippen LogP contribution in [0, 0.1) is 0 Å². The van der Waals surface area contributed by atoms with Crippen molar-refractivity contribution in [2.75, 3.05) is 18.5 Å². The molecule has 1 aliphatic heterocycles. The van der Waals surface area contributed by atoms with E-state index < -0.39 is 6.09 Å². The van der Waals surface area contributed by atoms with Crippen LogP contribution in [0.4, 0.5) is 10.5 Å². The Morgan fingerprint density at radius 1 is 1.14 bits per heavy atom. The highest BCUT2D eigenvalue weighted by Crippen LogP contribution is 2.38. The molecule has 0 saturated heterocycles. The summed E-state index contributed by atoms with van der Waals surface area (Å²) in [4.78, 5) is 11.9. The SMILES string of the molecule is O=C(Nc1cc2c(cc1Br)OCCO2)OCc1ccccc1. The Morgan fingerprint density at radius 3 is 2.55 bits per heavy atom. The van der Waals surface area contributed by atoms with E-state index in [9.17, 15) is 4.79 Å². The number of hydrogen-bond acceptors (Lipinski definition) is 4. The molecule has 0 radical (unpaired) electrons. The summed E-state index contributed by atoms with van der Waals surface area (Å²) in [5, 5.41) is 2.69. The summed E-state index contributed by atoms with van der Waals surface area (Å²) in [5.74, 6) is 1.26. The first-order valence-electron chi connectivity index (χ1n) is 6.79. The standard InChI is InChI=1S/C16H14BrNO4/c17-12-8-14-15(21-7-6-20-14)9-13(12)18-16(19)22-10-11-4-2-1-3-5-11/h1-5,8-9H,6-7,10H2,(H,18,19). The average Bonchev–Trinajstić information content (AvgIpc) is 2.55. The highest BCUT2D eigenvalue weighted by molar-refractivity contribution is 9.10. The van der Waals surface area contributed by atoms with Crippen molar-refractivity contribution in [1.82, 2.24) is 0 Å². The van der Waals surface area contributed by atoms with Gasteiger partial charge in [0.15, 0.2) is 11.5 Å². The zero-order valence-corrected chi connectivity index (χ0v) is 13.3. The molecule has 1 amide bonds. The normalized spacial score (nSPS) is 12.6. The average molecular weight is 364 g/mol. The number of halogens is 1. The lowest BCUT2D eigenvalue weighted by Gasteiger charge is -2.20. The molecule has 0 unspecified atom stereocenters. The second-order valence-corrected chi connectivity index (χ2v) is 5.52. The molecule has 1 N–H and O–H groups in total. The third kappa shape index (κ3) is 3.51. The van der Waals surface area contributed by atoms with Gasteiger partial charge in [-0.15, -0.1) is 0 Å². The van der Waals surface area contributed by atoms with Crippen molar-refractivity contribution in [3.8, 4) is 11.5 Å². The van der Waals surface area contributed by atoms with Gasteiger partial charge >= 0.3 is 6.09 Å². The van der Waals surface area contributed by atoms with Gasteiger partial charge in [-0.1, -0.05) is 30.3 Å². The van der Waals surface area contributed by atoms with E-state index in [0.29, 0.717) is 34.9 Å². The van der Waals surface area contributed by atoms with Crippen molar-refractivity contribution in [2.45, 2.75) is 6.61 Å². The molecule has 3 rings (SSSR count). The third-order valence-electron chi connectivity index (χ3n) is 3.08. The third-order valence-corrected chi connectivity index (χ3v) is 3.74. The Morgan fingerprint density at radius 2 is 1.82 bits per heavy atom. The zero-order chi connectivity index (χ0) is 15.4. The van der Waals surface area contributed by atoms with Crippen molar-refractivity contribution in [1.29, 1.82) is 0 Å². The summed E-state index contributed by atoms with van der Waals surface area (Å²) in [7, 11) is 0. The molecule has 0 atom stereocenters. The second kappa shape index (κ2) is 6.70. The fraction of sp³-hybridized carbons (Fsp3) is 0.188. The molecule has 0 bridgehead atoms. The largest absolute Gasteiger partial charge is 0.486 e. The first-order chi connectivity index (χ1) is 10.7. The van der Waals surface area contributed by atoms with Gasteiger partial charge < -0.3 is 14.2 Å². The minimum absolute atomic E-state index is 0.217. The number of carbonyl (C=O) groups excluding carboxylic acids is 1. The summed E-state index contributed by atoms with van der Waals surface area (Å²) in [5.41, 5.74) is 1.50. The molecule has 1 aliphatic rings. The fourth-order valence-electron chi connectivity index (χ4n) is 2.03. The lowest BCUT2D eigenvalue weighted by molar-refractivity contribution is 0.155. The number of rotatable bonds is 3. The molecular weight excluding hydrogens is 350 g/mol. The Bertz CT molecular complexity index is 675. The van der Waals surface area contributed by atoms with Crippen LogP contribution in [-0.2, 0) is 11.3 Å². The summed E-state index contributed by atoms with van der Waals surface area (Å²) >= 11 is 3.39. The molecule has 5 nitrogen and oxygen atoms in total. The maximum absolute atomic E-state index is 11.9. The van der Waals surface area contributed by atoms with Gasteiger partial charge in [-0.2, -0.15) is 0 Å². The highest BCUT2D eigenvalue weighted by atomic mass is 79.9. The first-order valence-corrected chi connectivity index (χ1v) is 7.58. The number of ether oxygens (including phenoxy) is 3. The number of amides is 1. The molecule has 0 fully saturated rings. The van der Waals surface area contributed by atoms with Gasteiger partial charge in [0.2, 0.25) is 0 Å². The molecule has 2 aromatic carbocycles. The molecule has 1 heterocycles. The zero-order valence-electron chi connectivity index (χ0n) is 11.7. The van der Waals surface area contributed by atoms with Crippen LogP contribution in [0.1, 0.15) is 5.56 Å². The van der Waals surface area contributed by atoms with E-state index in [1.165, 1.54) is 0 Å². The number of carbonyl (C=O) groups is 1. The molecule has 0 spiro atoms.